The second kappa shape index (κ2) is 14.6. The van der Waals surface area contributed by atoms with Gasteiger partial charge in [0, 0.05) is 119 Å². The first-order valence-corrected chi connectivity index (χ1v) is 12.4. The Morgan fingerprint density at radius 1 is 1.05 bits per heavy atom. The fraction of sp³-hybridized carbons (Fsp3) is 0.240. The largest absolute Gasteiger partial charge is 0.478 e. The minimum Gasteiger partial charge on any atom is -0.478 e. The molecule has 1 amide bonds. The standard InChI is InChI=1S/C25H23N7O3S.2K/c1-2-21-29-32(25(36-21)26-23(33)19-8-5-9-20(19)24(34)35)14-15-10-12-16(13-11-15)17-6-3-4-7-18(17)22-27-30-31-28-22;;/h3-4,6-7,10-13H,2,5,8-9,14H2,1H3,(H,34,35)(H,27,28,30,31);;. The molecule has 2 heterocycles. The molecular weight excluding hydrogens is 557 g/mol. The van der Waals surface area contributed by atoms with Crippen LogP contribution in [-0.2, 0) is 22.6 Å². The number of hydrogen-bond acceptors (Lipinski definition) is 7. The van der Waals surface area contributed by atoms with Crippen LogP contribution in [0.15, 0.2) is 64.7 Å². The van der Waals surface area contributed by atoms with Gasteiger partial charge in [0.15, 0.2) is 5.82 Å². The first-order chi connectivity index (χ1) is 17.5. The molecule has 0 fully saturated rings. The van der Waals surface area contributed by atoms with E-state index in [0.29, 0.717) is 48.4 Å². The molecule has 0 aliphatic heterocycles. The van der Waals surface area contributed by atoms with Crippen molar-refractivity contribution in [1.82, 2.24) is 30.4 Å². The van der Waals surface area contributed by atoms with Crippen LogP contribution in [-0.4, -0.2) is 150 Å². The number of benzene rings is 2. The monoisotopic (exact) mass is 579 g/mol. The molecule has 2 radical (unpaired) electrons. The molecule has 0 saturated carbocycles. The molecule has 2 aromatic heterocycles. The predicted octanol–water partition coefficient (Wildman–Crippen LogP) is 2.63. The van der Waals surface area contributed by atoms with Crippen LogP contribution in [0.4, 0.5) is 0 Å². The minimum atomic E-state index is -1.04. The quantitative estimate of drug-likeness (QED) is 0.321. The molecule has 0 spiro atoms. The molecule has 0 saturated heterocycles. The van der Waals surface area contributed by atoms with Crippen LogP contribution in [0.1, 0.15) is 36.8 Å². The Labute approximate surface area is 307 Å². The second-order valence-electron chi connectivity index (χ2n) is 8.31. The fourth-order valence-corrected chi connectivity index (χ4v) is 5.06. The third kappa shape index (κ3) is 7.20. The molecule has 184 valence electrons. The number of aromatic amines is 1. The van der Waals surface area contributed by atoms with Crippen molar-refractivity contribution in [2.24, 2.45) is 4.99 Å². The van der Waals surface area contributed by atoms with Crippen LogP contribution in [0.2, 0.25) is 0 Å². The van der Waals surface area contributed by atoms with Crippen molar-refractivity contribution >= 4 is 126 Å². The third-order valence-electron chi connectivity index (χ3n) is 6.02. The molecule has 0 atom stereocenters. The second-order valence-corrected chi connectivity index (χ2v) is 9.36. The first-order valence-electron chi connectivity index (χ1n) is 11.6. The maximum atomic E-state index is 12.8. The maximum absolute atomic E-state index is 12.8. The molecule has 2 aromatic carbocycles. The summed E-state index contributed by atoms with van der Waals surface area (Å²) in [6, 6.07) is 15.9. The van der Waals surface area contributed by atoms with E-state index in [1.807, 2.05) is 55.5 Å². The number of amides is 1. The zero-order valence-electron chi connectivity index (χ0n) is 21.5. The van der Waals surface area contributed by atoms with Crippen molar-refractivity contribution in [2.45, 2.75) is 39.2 Å². The summed E-state index contributed by atoms with van der Waals surface area (Å²) < 4.78 is 1.71. The van der Waals surface area contributed by atoms with E-state index in [-0.39, 0.29) is 108 Å². The maximum Gasteiger partial charge on any atom is 0.332 e. The molecular formula is C25H23K2N7O3S. The van der Waals surface area contributed by atoms with Crippen molar-refractivity contribution in [2.75, 3.05) is 0 Å². The number of nitrogens with one attached hydrogen (secondary N) is 1. The molecule has 1 aliphatic rings. The number of hydrogen-bond donors (Lipinski definition) is 2. The van der Waals surface area contributed by atoms with Crippen LogP contribution in [0.25, 0.3) is 22.5 Å². The number of tetrazole rings is 1. The zero-order valence-corrected chi connectivity index (χ0v) is 28.6. The van der Waals surface area contributed by atoms with Gasteiger partial charge < -0.3 is 5.11 Å². The van der Waals surface area contributed by atoms with Crippen molar-refractivity contribution in [1.29, 1.82) is 0 Å². The molecule has 1 aliphatic carbocycles. The van der Waals surface area contributed by atoms with Gasteiger partial charge in [-0.1, -0.05) is 66.8 Å². The smallest absolute Gasteiger partial charge is 0.332 e. The van der Waals surface area contributed by atoms with Crippen LogP contribution < -0.4 is 4.80 Å². The van der Waals surface area contributed by atoms with Gasteiger partial charge in [0.2, 0.25) is 4.80 Å². The first kappa shape index (κ1) is 31.5. The summed E-state index contributed by atoms with van der Waals surface area (Å²) in [5, 5.41) is 29.1. The van der Waals surface area contributed by atoms with Gasteiger partial charge in [-0.05, 0) is 52.8 Å². The van der Waals surface area contributed by atoms with Crippen LogP contribution in [0, 0.1) is 0 Å². The Kier molecular flexibility index (Phi) is 12.1. The molecule has 0 bridgehead atoms. The van der Waals surface area contributed by atoms with Gasteiger partial charge >= 0.3 is 5.97 Å². The number of carbonyl (C=O) groups excluding carboxylic acids is 1. The van der Waals surface area contributed by atoms with Gasteiger partial charge in [-0.3, -0.25) is 4.79 Å². The van der Waals surface area contributed by atoms with Gasteiger partial charge in [0.1, 0.15) is 5.01 Å². The number of nitrogens with zero attached hydrogens (tertiary/aromatic N) is 6. The summed E-state index contributed by atoms with van der Waals surface area (Å²) in [6.07, 6.45) is 2.21. The third-order valence-corrected chi connectivity index (χ3v) is 7.11. The van der Waals surface area contributed by atoms with Crippen molar-refractivity contribution in [3.8, 4) is 22.5 Å². The van der Waals surface area contributed by atoms with Gasteiger partial charge in [-0.2, -0.15) is 10.1 Å². The van der Waals surface area contributed by atoms with Crippen LogP contribution in [0.3, 0.4) is 0 Å². The molecule has 13 heteroatoms. The van der Waals surface area contributed by atoms with Crippen LogP contribution >= 0.6 is 11.3 Å². The van der Waals surface area contributed by atoms with Crippen molar-refractivity contribution < 1.29 is 14.7 Å². The number of aromatic nitrogens is 6. The number of carboxylic acid groups (broad SMARTS) is 1. The van der Waals surface area contributed by atoms with Crippen LogP contribution in [0.5, 0.6) is 0 Å². The molecule has 4 aromatic rings. The molecule has 5 rings (SSSR count). The van der Waals surface area contributed by atoms with E-state index in [9.17, 15) is 14.7 Å². The Hall–Kier alpha value is -0.977. The summed E-state index contributed by atoms with van der Waals surface area (Å²) in [5.41, 5.74) is 4.37. The summed E-state index contributed by atoms with van der Waals surface area (Å²) in [7, 11) is 0. The normalized spacial score (nSPS) is 13.2. The van der Waals surface area contributed by atoms with E-state index >= 15 is 0 Å². The topological polar surface area (TPSA) is 139 Å². The Balaban J connectivity index is 0.00000200. The summed E-state index contributed by atoms with van der Waals surface area (Å²) in [4.78, 5) is 29.0. The number of aryl methyl sites for hydroxylation is 1. The van der Waals surface area contributed by atoms with E-state index < -0.39 is 11.9 Å². The van der Waals surface area contributed by atoms with Crippen molar-refractivity contribution in [3.63, 3.8) is 0 Å². The number of carboxylic acids is 1. The van der Waals surface area contributed by atoms with Gasteiger partial charge in [0.05, 0.1) is 6.54 Å². The number of rotatable bonds is 7. The molecule has 10 nitrogen and oxygen atoms in total. The van der Waals surface area contributed by atoms with Gasteiger partial charge in [-0.15, -0.1) is 5.10 Å². The fourth-order valence-electron chi connectivity index (χ4n) is 4.23. The average molecular weight is 580 g/mol. The summed E-state index contributed by atoms with van der Waals surface area (Å²) in [6.45, 7) is 2.43. The molecule has 2 N–H and O–H groups in total. The van der Waals surface area contributed by atoms with E-state index in [2.05, 4.69) is 30.7 Å². The molecule has 0 unspecified atom stereocenters. The minimum absolute atomic E-state index is 0. The Bertz CT molecular complexity index is 1530. The summed E-state index contributed by atoms with van der Waals surface area (Å²) >= 11 is 1.35. The number of aliphatic carboxylic acids is 1. The Morgan fingerprint density at radius 3 is 2.42 bits per heavy atom. The van der Waals surface area contributed by atoms with E-state index in [1.165, 1.54) is 11.3 Å². The number of carbonyl (C=O) groups is 2. The average Bonchev–Trinajstić information content (AvgIpc) is 3.66. The zero-order chi connectivity index (χ0) is 25.1. The number of H-pyrrole nitrogens is 1. The Morgan fingerprint density at radius 2 is 1.76 bits per heavy atom. The van der Waals surface area contributed by atoms with Crippen molar-refractivity contribution in [3.05, 3.63) is 75.0 Å². The summed E-state index contributed by atoms with van der Waals surface area (Å²) in [5.74, 6) is -0.934. The molecule has 38 heavy (non-hydrogen) atoms. The van der Waals surface area contributed by atoms with E-state index in [4.69, 9.17) is 0 Å². The van der Waals surface area contributed by atoms with Gasteiger partial charge in [0.25, 0.3) is 5.91 Å². The van der Waals surface area contributed by atoms with Gasteiger partial charge in [-0.25, -0.2) is 14.6 Å². The predicted molar refractivity (Wildman–Crippen MR) is 144 cm³/mol. The van der Waals surface area contributed by atoms with E-state index in [1.54, 1.807) is 4.68 Å². The SMILES string of the molecule is CCc1nn(Cc2ccc(-c3ccccc3-c3nnn[nH]3)cc2)c(=NC(=O)C2=C(C(=O)O)CCC2)s1.[K].[K]. The van der Waals surface area contributed by atoms with E-state index in [0.717, 1.165) is 27.3 Å².